The van der Waals surface area contributed by atoms with Gasteiger partial charge in [-0.25, -0.2) is 9.97 Å². The summed E-state index contributed by atoms with van der Waals surface area (Å²) in [4.78, 5) is 33.8. The van der Waals surface area contributed by atoms with Crippen molar-refractivity contribution in [1.82, 2.24) is 29.3 Å². The van der Waals surface area contributed by atoms with Crippen LogP contribution in [-0.4, -0.2) is 81.5 Å². The zero-order valence-electron chi connectivity index (χ0n) is 20.7. The number of hydrogen-bond donors (Lipinski definition) is 0. The standard InChI is InChI=1S/C26H35N7O/c1-26(2,3)33-10-7-20(17-33)25(34)32-8-5-19(6-9-32)23-24-22(28-18-29-23)15-21(16-27-24)31-13-11-30(4)12-14-31/h7,10,15-19H,5-6,8-9,11-14H2,1-4H3. The molecular formula is C26H35N7O. The van der Waals surface area contributed by atoms with Crippen molar-refractivity contribution in [1.29, 1.82) is 0 Å². The SMILES string of the molecule is CN1CCN(c2cnc3c(C4CCN(C(=O)c5ccn(C(C)(C)C)c5)CC4)ncnc3c2)CC1. The van der Waals surface area contributed by atoms with Gasteiger partial charge in [-0.15, -0.1) is 0 Å². The normalized spacial score (nSPS) is 18.6. The van der Waals surface area contributed by atoms with Crippen molar-refractivity contribution in [3.63, 3.8) is 0 Å². The van der Waals surface area contributed by atoms with Gasteiger partial charge in [0.25, 0.3) is 5.91 Å². The summed E-state index contributed by atoms with van der Waals surface area (Å²) in [5.41, 5.74) is 4.68. The number of carbonyl (C=O) groups excluding carboxylic acids is 1. The predicted octanol–water partition coefficient (Wildman–Crippen LogP) is 3.35. The van der Waals surface area contributed by atoms with Crippen molar-refractivity contribution in [2.24, 2.45) is 0 Å². The lowest BCUT2D eigenvalue weighted by atomic mass is 9.92. The van der Waals surface area contributed by atoms with Crippen LogP contribution in [0.25, 0.3) is 11.0 Å². The molecule has 3 aromatic rings. The fourth-order valence-electron chi connectivity index (χ4n) is 4.97. The second-order valence-corrected chi connectivity index (χ2v) is 10.7. The number of rotatable bonds is 3. The van der Waals surface area contributed by atoms with E-state index in [4.69, 9.17) is 4.98 Å². The summed E-state index contributed by atoms with van der Waals surface area (Å²) in [7, 11) is 2.16. The first-order valence-corrected chi connectivity index (χ1v) is 12.3. The monoisotopic (exact) mass is 461 g/mol. The molecule has 0 N–H and O–H groups in total. The maximum Gasteiger partial charge on any atom is 0.255 e. The van der Waals surface area contributed by atoms with Crippen LogP contribution in [0.15, 0.2) is 37.1 Å². The fraction of sp³-hybridized carbons (Fsp3) is 0.538. The van der Waals surface area contributed by atoms with Gasteiger partial charge < -0.3 is 19.3 Å². The maximum absolute atomic E-state index is 13.1. The first kappa shape index (κ1) is 22.8. The van der Waals surface area contributed by atoms with Gasteiger partial charge in [-0.2, -0.15) is 0 Å². The Bertz CT molecular complexity index is 1170. The number of piperazine rings is 1. The highest BCUT2D eigenvalue weighted by Crippen LogP contribution is 2.32. The van der Waals surface area contributed by atoms with E-state index in [-0.39, 0.29) is 17.4 Å². The molecule has 5 rings (SSSR count). The van der Waals surface area contributed by atoms with E-state index in [0.29, 0.717) is 0 Å². The molecule has 8 nitrogen and oxygen atoms in total. The van der Waals surface area contributed by atoms with E-state index < -0.39 is 0 Å². The van der Waals surface area contributed by atoms with Crippen molar-refractivity contribution in [3.05, 3.63) is 48.3 Å². The zero-order valence-corrected chi connectivity index (χ0v) is 20.7. The van der Waals surface area contributed by atoms with Crippen LogP contribution in [0.1, 0.15) is 55.6 Å². The minimum absolute atomic E-state index is 0.0309. The van der Waals surface area contributed by atoms with Crippen LogP contribution in [-0.2, 0) is 5.54 Å². The molecule has 2 fully saturated rings. The van der Waals surface area contributed by atoms with E-state index in [0.717, 1.165) is 80.1 Å². The van der Waals surface area contributed by atoms with Crippen molar-refractivity contribution in [2.75, 3.05) is 51.2 Å². The molecular weight excluding hydrogens is 426 g/mol. The third kappa shape index (κ3) is 4.51. The Morgan fingerprint density at radius 1 is 1.00 bits per heavy atom. The minimum Gasteiger partial charge on any atom is -0.368 e. The van der Waals surface area contributed by atoms with Crippen molar-refractivity contribution in [3.8, 4) is 0 Å². The summed E-state index contributed by atoms with van der Waals surface area (Å²) in [6, 6.07) is 4.08. The van der Waals surface area contributed by atoms with E-state index in [1.807, 2.05) is 29.6 Å². The quantitative estimate of drug-likeness (QED) is 0.596. The van der Waals surface area contributed by atoms with Gasteiger partial charge in [0.2, 0.25) is 0 Å². The minimum atomic E-state index is -0.0309. The second kappa shape index (κ2) is 8.98. The fourth-order valence-corrected chi connectivity index (χ4v) is 4.97. The van der Waals surface area contributed by atoms with Crippen LogP contribution < -0.4 is 4.90 Å². The Morgan fingerprint density at radius 3 is 2.41 bits per heavy atom. The topological polar surface area (TPSA) is 70.4 Å². The molecule has 0 aromatic carbocycles. The number of hydrogen-bond acceptors (Lipinski definition) is 6. The average molecular weight is 462 g/mol. The highest BCUT2D eigenvalue weighted by atomic mass is 16.2. The molecule has 0 radical (unpaired) electrons. The molecule has 8 heteroatoms. The van der Waals surface area contributed by atoms with Gasteiger partial charge >= 0.3 is 0 Å². The summed E-state index contributed by atoms with van der Waals surface area (Å²) in [5.74, 6) is 0.402. The smallest absolute Gasteiger partial charge is 0.255 e. The molecule has 34 heavy (non-hydrogen) atoms. The largest absolute Gasteiger partial charge is 0.368 e. The predicted molar refractivity (Wildman–Crippen MR) is 134 cm³/mol. The summed E-state index contributed by atoms with van der Waals surface area (Å²) >= 11 is 0. The lowest BCUT2D eigenvalue weighted by Crippen LogP contribution is -2.44. The molecule has 0 spiro atoms. The van der Waals surface area contributed by atoms with Gasteiger partial charge in [0.05, 0.1) is 28.7 Å². The van der Waals surface area contributed by atoms with E-state index in [9.17, 15) is 4.79 Å². The Hall–Kier alpha value is -3.00. The number of pyridine rings is 1. The molecule has 5 heterocycles. The van der Waals surface area contributed by atoms with Crippen molar-refractivity contribution >= 4 is 22.6 Å². The molecule has 0 unspecified atom stereocenters. The van der Waals surface area contributed by atoms with Crippen molar-refractivity contribution < 1.29 is 4.79 Å². The number of amides is 1. The van der Waals surface area contributed by atoms with Crippen molar-refractivity contribution in [2.45, 2.75) is 45.1 Å². The lowest BCUT2D eigenvalue weighted by Gasteiger charge is -2.34. The third-order valence-corrected chi connectivity index (χ3v) is 7.24. The molecule has 0 saturated carbocycles. The van der Waals surface area contributed by atoms with Crippen LogP contribution in [0.4, 0.5) is 5.69 Å². The number of fused-ring (bicyclic) bond motifs is 1. The third-order valence-electron chi connectivity index (χ3n) is 7.24. The molecule has 2 aliphatic heterocycles. The van der Waals surface area contributed by atoms with Gasteiger partial charge in [0, 0.05) is 63.1 Å². The first-order chi connectivity index (χ1) is 16.3. The van der Waals surface area contributed by atoms with Gasteiger partial charge in [0.1, 0.15) is 11.8 Å². The highest BCUT2D eigenvalue weighted by Gasteiger charge is 2.28. The average Bonchev–Trinajstić information content (AvgIpc) is 3.35. The molecule has 2 saturated heterocycles. The van der Waals surface area contributed by atoms with E-state index in [1.54, 1.807) is 6.33 Å². The number of carbonyl (C=O) groups is 1. The number of piperidine rings is 1. The number of likely N-dealkylation sites (N-methyl/N-ethyl adjacent to an activating group) is 1. The Balaban J connectivity index is 1.28. The Morgan fingerprint density at radius 2 is 1.74 bits per heavy atom. The van der Waals surface area contributed by atoms with E-state index in [1.165, 1.54) is 0 Å². The summed E-state index contributed by atoms with van der Waals surface area (Å²) < 4.78 is 2.10. The maximum atomic E-state index is 13.1. The van der Waals surface area contributed by atoms with Crippen LogP contribution in [0.2, 0.25) is 0 Å². The molecule has 3 aromatic heterocycles. The van der Waals surface area contributed by atoms with E-state index >= 15 is 0 Å². The first-order valence-electron chi connectivity index (χ1n) is 12.3. The molecule has 2 aliphatic rings. The molecule has 0 aliphatic carbocycles. The number of anilines is 1. The van der Waals surface area contributed by atoms with E-state index in [2.05, 4.69) is 58.2 Å². The number of nitrogens with zero attached hydrogens (tertiary/aromatic N) is 7. The van der Waals surface area contributed by atoms with Crippen LogP contribution >= 0.6 is 0 Å². The summed E-state index contributed by atoms with van der Waals surface area (Å²) in [6.07, 6.45) is 9.38. The number of aromatic nitrogens is 4. The zero-order chi connectivity index (χ0) is 23.9. The van der Waals surface area contributed by atoms with Gasteiger partial charge in [-0.1, -0.05) is 0 Å². The highest BCUT2D eigenvalue weighted by molar-refractivity contribution is 5.94. The molecule has 0 bridgehead atoms. The van der Waals surface area contributed by atoms with Crippen LogP contribution in [0.3, 0.4) is 0 Å². The second-order valence-electron chi connectivity index (χ2n) is 10.7. The van der Waals surface area contributed by atoms with Crippen LogP contribution in [0, 0.1) is 0 Å². The Kier molecular flexibility index (Phi) is 6.02. The van der Waals surface area contributed by atoms with Gasteiger partial charge in [-0.3, -0.25) is 9.78 Å². The summed E-state index contributed by atoms with van der Waals surface area (Å²) in [5, 5.41) is 0. The Labute approximate surface area is 201 Å². The van der Waals surface area contributed by atoms with Crippen LogP contribution in [0.5, 0.6) is 0 Å². The number of likely N-dealkylation sites (tertiary alicyclic amines) is 1. The van der Waals surface area contributed by atoms with Gasteiger partial charge in [0.15, 0.2) is 0 Å². The summed E-state index contributed by atoms with van der Waals surface area (Å²) in [6.45, 7) is 12.0. The molecule has 0 atom stereocenters. The lowest BCUT2D eigenvalue weighted by molar-refractivity contribution is 0.0712. The molecule has 1 amide bonds. The molecule has 180 valence electrons. The van der Waals surface area contributed by atoms with Gasteiger partial charge in [-0.05, 0) is 52.8 Å².